The van der Waals surface area contributed by atoms with E-state index >= 15 is 0 Å². The maximum absolute atomic E-state index is 5.60. The maximum Gasteiger partial charge on any atom is 0.0576 e. The summed E-state index contributed by atoms with van der Waals surface area (Å²) in [6.45, 7) is 4.38. The molecule has 1 rings (SSSR count). The van der Waals surface area contributed by atoms with Crippen molar-refractivity contribution in [3.05, 3.63) is 0 Å². The van der Waals surface area contributed by atoms with Crippen molar-refractivity contribution in [1.82, 2.24) is 5.32 Å². The number of alkyl halides is 1. The predicted octanol–water partition coefficient (Wildman–Crippen LogP) is 3.10. The van der Waals surface area contributed by atoms with Crippen molar-refractivity contribution < 1.29 is 4.74 Å². The van der Waals surface area contributed by atoms with Crippen LogP contribution in [0.4, 0.5) is 0 Å². The van der Waals surface area contributed by atoms with Crippen LogP contribution in [0.15, 0.2) is 0 Å². The summed E-state index contributed by atoms with van der Waals surface area (Å²) in [5.74, 6) is 0. The summed E-state index contributed by atoms with van der Waals surface area (Å²) in [5.41, 5.74) is 0. The molecule has 0 aromatic heterocycles. The minimum absolute atomic E-state index is 0.558. The van der Waals surface area contributed by atoms with Gasteiger partial charge in [0.25, 0.3) is 0 Å². The van der Waals surface area contributed by atoms with Crippen molar-refractivity contribution >= 4 is 15.9 Å². The Bertz CT molecular complexity index is 149. The highest BCUT2D eigenvalue weighted by atomic mass is 79.9. The van der Waals surface area contributed by atoms with E-state index in [0.717, 1.165) is 18.5 Å². The van der Waals surface area contributed by atoms with Gasteiger partial charge in [-0.1, -0.05) is 22.9 Å². The third-order valence-electron chi connectivity index (χ3n) is 3.11. The van der Waals surface area contributed by atoms with Gasteiger partial charge < -0.3 is 10.1 Å². The number of halogens is 1. The van der Waals surface area contributed by atoms with Gasteiger partial charge in [0.15, 0.2) is 0 Å². The van der Waals surface area contributed by atoms with E-state index in [4.69, 9.17) is 4.74 Å². The first-order chi connectivity index (χ1) is 7.36. The minimum Gasteiger partial charge on any atom is -0.378 e. The van der Waals surface area contributed by atoms with Crippen molar-refractivity contribution in [3.8, 4) is 0 Å². The number of nitrogens with one attached hydrogen (secondary N) is 1. The molecule has 0 amide bonds. The zero-order valence-electron chi connectivity index (χ0n) is 9.80. The summed E-state index contributed by atoms with van der Waals surface area (Å²) in [4.78, 5) is 0. The molecule has 0 aromatic carbocycles. The Morgan fingerprint density at radius 2 is 2.40 bits per heavy atom. The molecular weight excluding hydrogens is 254 g/mol. The van der Waals surface area contributed by atoms with E-state index in [1.54, 1.807) is 0 Å². The number of rotatable bonds is 8. The molecule has 15 heavy (non-hydrogen) atoms. The topological polar surface area (TPSA) is 21.3 Å². The lowest BCUT2D eigenvalue weighted by Crippen LogP contribution is -2.30. The SMILES string of the molecule is CCC(CCBr)NCCCC1CCCO1. The summed E-state index contributed by atoms with van der Waals surface area (Å²) in [6, 6.07) is 0.689. The average molecular weight is 278 g/mol. The van der Waals surface area contributed by atoms with E-state index in [2.05, 4.69) is 28.2 Å². The third kappa shape index (κ3) is 5.88. The highest BCUT2D eigenvalue weighted by molar-refractivity contribution is 9.09. The lowest BCUT2D eigenvalue weighted by atomic mass is 10.1. The van der Waals surface area contributed by atoms with Crippen LogP contribution in [0, 0.1) is 0 Å². The average Bonchev–Trinajstić information content (AvgIpc) is 2.75. The normalized spacial score (nSPS) is 23.2. The van der Waals surface area contributed by atoms with Gasteiger partial charge in [0.05, 0.1) is 6.10 Å². The molecule has 0 bridgehead atoms. The molecule has 2 nitrogen and oxygen atoms in total. The lowest BCUT2D eigenvalue weighted by molar-refractivity contribution is 0.102. The van der Waals surface area contributed by atoms with Crippen LogP contribution in [0.5, 0.6) is 0 Å². The molecule has 2 atom stereocenters. The van der Waals surface area contributed by atoms with Crippen LogP contribution in [0.3, 0.4) is 0 Å². The van der Waals surface area contributed by atoms with Crippen LogP contribution in [0.25, 0.3) is 0 Å². The zero-order valence-corrected chi connectivity index (χ0v) is 11.4. The number of hydrogen-bond donors (Lipinski definition) is 1. The molecule has 2 unspecified atom stereocenters. The quantitative estimate of drug-likeness (QED) is 0.544. The molecule has 1 fully saturated rings. The Labute approximate surface area is 102 Å². The zero-order chi connectivity index (χ0) is 10.9. The molecule has 0 saturated carbocycles. The Balaban J connectivity index is 1.94. The minimum atomic E-state index is 0.558. The fraction of sp³-hybridized carbons (Fsp3) is 1.00. The standard InChI is InChI=1S/C12H24BrNO/c1-2-11(7-8-13)14-9-3-5-12-6-4-10-15-12/h11-12,14H,2-10H2,1H3. The van der Waals surface area contributed by atoms with Crippen molar-refractivity contribution in [3.63, 3.8) is 0 Å². The highest BCUT2D eigenvalue weighted by Gasteiger charge is 2.14. The number of ether oxygens (including phenoxy) is 1. The Hall–Kier alpha value is 0.400. The molecule has 1 aliphatic rings. The van der Waals surface area contributed by atoms with Crippen LogP contribution in [0.2, 0.25) is 0 Å². The molecule has 1 N–H and O–H groups in total. The molecular formula is C12H24BrNO. The predicted molar refractivity (Wildman–Crippen MR) is 68.7 cm³/mol. The van der Waals surface area contributed by atoms with E-state index in [1.165, 1.54) is 38.5 Å². The third-order valence-corrected chi connectivity index (χ3v) is 3.57. The van der Waals surface area contributed by atoms with Gasteiger partial charge in [0, 0.05) is 18.0 Å². The van der Waals surface area contributed by atoms with Crippen molar-refractivity contribution in [1.29, 1.82) is 0 Å². The first-order valence-electron chi connectivity index (χ1n) is 6.27. The largest absolute Gasteiger partial charge is 0.378 e. The van der Waals surface area contributed by atoms with E-state index < -0.39 is 0 Å². The molecule has 0 aliphatic carbocycles. The molecule has 0 aromatic rings. The van der Waals surface area contributed by atoms with Crippen molar-refractivity contribution in [2.45, 2.75) is 57.6 Å². The first kappa shape index (κ1) is 13.5. The van der Waals surface area contributed by atoms with Crippen LogP contribution >= 0.6 is 15.9 Å². The van der Waals surface area contributed by atoms with E-state index in [0.29, 0.717) is 12.1 Å². The second-order valence-electron chi connectivity index (χ2n) is 4.31. The Morgan fingerprint density at radius 1 is 1.53 bits per heavy atom. The Kier molecular flexibility index (Phi) is 7.67. The van der Waals surface area contributed by atoms with Gasteiger partial charge in [-0.3, -0.25) is 0 Å². The summed E-state index contributed by atoms with van der Waals surface area (Å²) >= 11 is 3.49. The van der Waals surface area contributed by atoms with Gasteiger partial charge in [-0.2, -0.15) is 0 Å². The second-order valence-corrected chi connectivity index (χ2v) is 5.11. The molecule has 0 radical (unpaired) electrons. The monoisotopic (exact) mass is 277 g/mol. The molecule has 3 heteroatoms. The van der Waals surface area contributed by atoms with E-state index in [-0.39, 0.29) is 0 Å². The van der Waals surface area contributed by atoms with E-state index in [1.807, 2.05) is 0 Å². The first-order valence-corrected chi connectivity index (χ1v) is 7.40. The molecule has 1 aliphatic heterocycles. The maximum atomic E-state index is 5.60. The van der Waals surface area contributed by atoms with Gasteiger partial charge in [-0.05, 0) is 45.1 Å². The molecule has 1 saturated heterocycles. The number of hydrogen-bond acceptors (Lipinski definition) is 2. The lowest BCUT2D eigenvalue weighted by Gasteiger charge is -2.16. The molecule has 90 valence electrons. The van der Waals surface area contributed by atoms with Crippen LogP contribution in [0.1, 0.15) is 45.4 Å². The fourth-order valence-electron chi connectivity index (χ4n) is 2.09. The van der Waals surface area contributed by atoms with Crippen LogP contribution < -0.4 is 5.32 Å². The van der Waals surface area contributed by atoms with Crippen molar-refractivity contribution in [2.75, 3.05) is 18.5 Å². The molecule has 1 heterocycles. The van der Waals surface area contributed by atoms with E-state index in [9.17, 15) is 0 Å². The molecule has 0 spiro atoms. The van der Waals surface area contributed by atoms with Crippen molar-refractivity contribution in [2.24, 2.45) is 0 Å². The highest BCUT2D eigenvalue weighted by Crippen LogP contribution is 2.16. The van der Waals surface area contributed by atoms with Crippen LogP contribution in [-0.2, 0) is 4.74 Å². The van der Waals surface area contributed by atoms with Gasteiger partial charge in [0.1, 0.15) is 0 Å². The Morgan fingerprint density at radius 3 is 3.00 bits per heavy atom. The summed E-state index contributed by atoms with van der Waals surface area (Å²) in [5, 5.41) is 4.71. The van der Waals surface area contributed by atoms with Gasteiger partial charge in [0.2, 0.25) is 0 Å². The van der Waals surface area contributed by atoms with Crippen LogP contribution in [-0.4, -0.2) is 30.6 Å². The smallest absolute Gasteiger partial charge is 0.0576 e. The van der Waals surface area contributed by atoms with Gasteiger partial charge in [-0.15, -0.1) is 0 Å². The van der Waals surface area contributed by atoms with Gasteiger partial charge in [-0.25, -0.2) is 0 Å². The summed E-state index contributed by atoms with van der Waals surface area (Å²) in [6.07, 6.45) is 8.05. The second kappa shape index (κ2) is 8.54. The summed E-state index contributed by atoms with van der Waals surface area (Å²) in [7, 11) is 0. The summed E-state index contributed by atoms with van der Waals surface area (Å²) < 4.78 is 5.60. The van der Waals surface area contributed by atoms with Gasteiger partial charge >= 0.3 is 0 Å². The fourth-order valence-corrected chi connectivity index (χ4v) is 2.64.